The fourth-order valence-electron chi connectivity index (χ4n) is 3.98. The van der Waals surface area contributed by atoms with Crippen LogP contribution in [0.25, 0.3) is 0 Å². The SMILES string of the molecule is Cl.Cl.NC1CC2CCCC(C1)C2NC(=O)CSCc1ccccn1. The molecule has 3 rings (SSSR count). The highest BCUT2D eigenvalue weighted by Gasteiger charge is 2.39. The Balaban J connectivity index is 0.00000144. The van der Waals surface area contributed by atoms with Crippen LogP contribution >= 0.6 is 36.6 Å². The zero-order chi connectivity index (χ0) is 15.4. The van der Waals surface area contributed by atoms with E-state index in [4.69, 9.17) is 5.73 Å². The topological polar surface area (TPSA) is 68.0 Å². The lowest BCUT2D eigenvalue weighted by atomic mass is 9.67. The Morgan fingerprint density at radius 1 is 1.25 bits per heavy atom. The first-order valence-electron chi connectivity index (χ1n) is 8.25. The van der Waals surface area contributed by atoms with Gasteiger partial charge in [0.15, 0.2) is 0 Å². The fraction of sp³-hybridized carbons (Fsp3) is 0.647. The van der Waals surface area contributed by atoms with Crippen LogP contribution in [0.1, 0.15) is 37.8 Å². The van der Waals surface area contributed by atoms with Gasteiger partial charge in [0.2, 0.25) is 5.91 Å². The maximum atomic E-state index is 12.2. The third-order valence-corrected chi connectivity index (χ3v) is 5.88. The quantitative estimate of drug-likeness (QED) is 0.808. The number of amides is 1. The molecule has 2 aliphatic rings. The molecule has 0 spiro atoms. The average Bonchev–Trinajstić information content (AvgIpc) is 2.49. The van der Waals surface area contributed by atoms with E-state index in [2.05, 4.69) is 10.3 Å². The van der Waals surface area contributed by atoms with Crippen molar-refractivity contribution in [2.75, 3.05) is 5.75 Å². The molecule has 1 heterocycles. The summed E-state index contributed by atoms with van der Waals surface area (Å²) in [5.74, 6) is 2.65. The number of pyridine rings is 1. The molecule has 4 nitrogen and oxygen atoms in total. The Kier molecular flexibility index (Phi) is 9.42. The summed E-state index contributed by atoms with van der Waals surface area (Å²) in [4.78, 5) is 16.5. The van der Waals surface area contributed by atoms with E-state index < -0.39 is 0 Å². The van der Waals surface area contributed by atoms with Crippen LogP contribution in [-0.2, 0) is 10.5 Å². The van der Waals surface area contributed by atoms with Crippen LogP contribution in [0.5, 0.6) is 0 Å². The molecule has 3 N–H and O–H groups in total. The molecule has 0 aromatic carbocycles. The molecule has 2 unspecified atom stereocenters. The minimum atomic E-state index is 0. The lowest BCUT2D eigenvalue weighted by Gasteiger charge is -2.45. The molecule has 2 saturated carbocycles. The summed E-state index contributed by atoms with van der Waals surface area (Å²) < 4.78 is 0. The molecule has 0 saturated heterocycles. The normalized spacial score (nSPS) is 28.2. The van der Waals surface area contributed by atoms with Crippen LogP contribution in [0.3, 0.4) is 0 Å². The monoisotopic (exact) mass is 391 g/mol. The lowest BCUT2D eigenvalue weighted by Crippen LogP contribution is -2.54. The molecule has 2 aliphatic carbocycles. The number of aromatic nitrogens is 1. The minimum Gasteiger partial charge on any atom is -0.352 e. The van der Waals surface area contributed by atoms with Gasteiger partial charge in [-0.15, -0.1) is 36.6 Å². The molecule has 1 aromatic heterocycles. The van der Waals surface area contributed by atoms with Crippen LogP contribution in [-0.4, -0.2) is 28.7 Å². The number of hydrogen-bond acceptors (Lipinski definition) is 4. The van der Waals surface area contributed by atoms with E-state index in [0.29, 0.717) is 29.7 Å². The van der Waals surface area contributed by atoms with Gasteiger partial charge in [-0.25, -0.2) is 0 Å². The van der Waals surface area contributed by atoms with Gasteiger partial charge in [-0.2, -0.15) is 0 Å². The number of nitrogens with zero attached hydrogens (tertiary/aromatic N) is 1. The molecule has 7 heteroatoms. The van der Waals surface area contributed by atoms with Crippen molar-refractivity contribution in [1.82, 2.24) is 10.3 Å². The minimum absolute atomic E-state index is 0. The van der Waals surface area contributed by atoms with Crippen molar-refractivity contribution in [1.29, 1.82) is 0 Å². The van der Waals surface area contributed by atoms with Crippen LogP contribution < -0.4 is 11.1 Å². The number of halogens is 2. The van der Waals surface area contributed by atoms with Crippen LogP contribution in [0.4, 0.5) is 0 Å². The molecule has 0 aliphatic heterocycles. The standard InChI is InChI=1S/C17H25N3OS.2ClH/c18-14-8-12-4-3-5-13(9-14)17(12)20-16(21)11-22-10-15-6-1-2-7-19-15;;/h1-2,6-7,12-14,17H,3-5,8-11,18H2,(H,20,21);2*1H. The maximum absolute atomic E-state index is 12.2. The van der Waals surface area contributed by atoms with Gasteiger partial charge < -0.3 is 11.1 Å². The van der Waals surface area contributed by atoms with Crippen LogP contribution in [0.2, 0.25) is 0 Å². The molecular formula is C17H27Cl2N3OS. The fourth-order valence-corrected chi connectivity index (χ4v) is 4.73. The number of nitrogens with one attached hydrogen (secondary N) is 1. The smallest absolute Gasteiger partial charge is 0.230 e. The van der Waals surface area contributed by atoms with Gasteiger partial charge in [-0.05, 0) is 49.7 Å². The second-order valence-electron chi connectivity index (χ2n) is 6.59. The Hall–Kier alpha value is -0.490. The molecule has 24 heavy (non-hydrogen) atoms. The van der Waals surface area contributed by atoms with Gasteiger partial charge in [-0.3, -0.25) is 9.78 Å². The van der Waals surface area contributed by atoms with E-state index in [1.165, 1.54) is 19.3 Å². The van der Waals surface area contributed by atoms with E-state index in [-0.39, 0.29) is 30.7 Å². The number of hydrogen-bond donors (Lipinski definition) is 2. The summed E-state index contributed by atoms with van der Waals surface area (Å²) in [6, 6.07) is 6.58. The summed E-state index contributed by atoms with van der Waals surface area (Å²) in [6.45, 7) is 0. The van der Waals surface area contributed by atoms with E-state index in [0.717, 1.165) is 24.3 Å². The average molecular weight is 392 g/mol. The summed E-state index contributed by atoms with van der Waals surface area (Å²) >= 11 is 1.63. The third kappa shape index (κ3) is 5.80. The molecule has 2 bridgehead atoms. The summed E-state index contributed by atoms with van der Waals surface area (Å²) in [5, 5.41) is 3.29. The molecule has 0 radical (unpaired) electrons. The number of carbonyl (C=O) groups is 1. The van der Waals surface area contributed by atoms with Crippen LogP contribution in [0.15, 0.2) is 24.4 Å². The number of thioether (sulfide) groups is 1. The third-order valence-electron chi connectivity index (χ3n) is 4.91. The predicted molar refractivity (Wildman–Crippen MR) is 105 cm³/mol. The first kappa shape index (κ1) is 21.6. The van der Waals surface area contributed by atoms with Gasteiger partial charge in [0.05, 0.1) is 11.4 Å². The van der Waals surface area contributed by atoms with E-state index in [1.54, 1.807) is 18.0 Å². The second-order valence-corrected chi connectivity index (χ2v) is 7.58. The Bertz CT molecular complexity index is 492. The van der Waals surface area contributed by atoms with Gasteiger partial charge in [0, 0.05) is 24.0 Å². The van der Waals surface area contributed by atoms with Gasteiger partial charge in [0.25, 0.3) is 0 Å². The van der Waals surface area contributed by atoms with E-state index in [9.17, 15) is 4.79 Å². The highest BCUT2D eigenvalue weighted by Crippen LogP contribution is 2.39. The van der Waals surface area contributed by atoms with Gasteiger partial charge >= 0.3 is 0 Å². The lowest BCUT2D eigenvalue weighted by molar-refractivity contribution is -0.120. The van der Waals surface area contributed by atoms with E-state index >= 15 is 0 Å². The molecule has 2 atom stereocenters. The number of nitrogens with two attached hydrogens (primary N) is 1. The summed E-state index contributed by atoms with van der Waals surface area (Å²) in [5.41, 5.74) is 7.17. The first-order valence-corrected chi connectivity index (χ1v) is 9.40. The largest absolute Gasteiger partial charge is 0.352 e. The van der Waals surface area contributed by atoms with Crippen molar-refractivity contribution in [2.45, 2.75) is 49.9 Å². The van der Waals surface area contributed by atoms with Crippen molar-refractivity contribution in [3.05, 3.63) is 30.1 Å². The molecule has 136 valence electrons. The van der Waals surface area contributed by atoms with Gasteiger partial charge in [-0.1, -0.05) is 12.5 Å². The van der Waals surface area contributed by atoms with Gasteiger partial charge in [0.1, 0.15) is 0 Å². The summed E-state index contributed by atoms with van der Waals surface area (Å²) in [7, 11) is 0. The summed E-state index contributed by atoms with van der Waals surface area (Å²) in [6.07, 6.45) is 7.67. The first-order chi connectivity index (χ1) is 10.7. The van der Waals surface area contributed by atoms with E-state index in [1.807, 2.05) is 18.2 Å². The highest BCUT2D eigenvalue weighted by molar-refractivity contribution is 7.99. The van der Waals surface area contributed by atoms with Crippen molar-refractivity contribution in [2.24, 2.45) is 17.6 Å². The van der Waals surface area contributed by atoms with Crippen molar-refractivity contribution >= 4 is 42.5 Å². The second kappa shape index (κ2) is 10.5. The molecule has 1 amide bonds. The maximum Gasteiger partial charge on any atom is 0.230 e. The zero-order valence-corrected chi connectivity index (χ0v) is 16.2. The van der Waals surface area contributed by atoms with Crippen molar-refractivity contribution in [3.8, 4) is 0 Å². The molecular weight excluding hydrogens is 365 g/mol. The predicted octanol–water partition coefficient (Wildman–Crippen LogP) is 3.18. The molecule has 2 fully saturated rings. The number of carbonyl (C=O) groups excluding carboxylic acids is 1. The highest BCUT2D eigenvalue weighted by atomic mass is 35.5. The van der Waals surface area contributed by atoms with Crippen molar-refractivity contribution in [3.63, 3.8) is 0 Å². The number of fused-ring (bicyclic) bond motifs is 2. The zero-order valence-electron chi connectivity index (χ0n) is 13.7. The molecule has 1 aromatic rings. The Labute approximate surface area is 160 Å². The Morgan fingerprint density at radius 2 is 1.96 bits per heavy atom. The Morgan fingerprint density at radius 3 is 2.58 bits per heavy atom. The number of rotatable bonds is 5. The van der Waals surface area contributed by atoms with Crippen LogP contribution in [0, 0.1) is 11.8 Å². The van der Waals surface area contributed by atoms with Crippen molar-refractivity contribution < 1.29 is 4.79 Å².